The van der Waals surface area contributed by atoms with Crippen molar-refractivity contribution in [2.75, 3.05) is 13.2 Å². The van der Waals surface area contributed by atoms with Gasteiger partial charge in [0.25, 0.3) is 0 Å². The molecule has 0 bridgehead atoms. The van der Waals surface area contributed by atoms with Crippen LogP contribution in [0.5, 0.6) is 0 Å². The monoisotopic (exact) mass is 192 g/mol. The third-order valence-electron chi connectivity index (χ3n) is 3.66. The first-order chi connectivity index (χ1) is 6.87. The Morgan fingerprint density at radius 1 is 0.786 bits per heavy atom. The zero-order chi connectivity index (χ0) is 9.49. The van der Waals surface area contributed by atoms with Gasteiger partial charge in [-0.2, -0.15) is 0 Å². The lowest BCUT2D eigenvalue weighted by Crippen LogP contribution is -2.51. The zero-order valence-electron chi connectivity index (χ0n) is 8.37. The van der Waals surface area contributed by atoms with E-state index < -0.39 is 0 Å². The van der Waals surface area contributed by atoms with Crippen molar-refractivity contribution in [2.45, 2.75) is 36.9 Å². The average molecular weight is 192 g/mol. The van der Waals surface area contributed by atoms with Gasteiger partial charge in [-0.05, 0) is 37.8 Å². The molecule has 0 aromatic heterocycles. The van der Waals surface area contributed by atoms with Crippen molar-refractivity contribution in [1.29, 1.82) is 0 Å². The second-order valence-electron chi connectivity index (χ2n) is 4.40. The first-order valence-corrected chi connectivity index (χ1v) is 5.52. The molecule has 14 heavy (non-hydrogen) atoms. The summed E-state index contributed by atoms with van der Waals surface area (Å²) < 4.78 is 11.9. The van der Waals surface area contributed by atoms with Gasteiger partial charge in [-0.3, -0.25) is 0 Å². The number of fused-ring (bicyclic) bond motifs is 1. The predicted octanol–water partition coefficient (Wildman–Crippen LogP) is 2.21. The predicted molar refractivity (Wildman–Crippen MR) is 54.1 cm³/mol. The Kier molecular flexibility index (Phi) is 1.83. The molecule has 0 aromatic rings. The number of ether oxygens (including phenoxy) is 2. The van der Waals surface area contributed by atoms with Gasteiger partial charge in [0, 0.05) is 13.2 Å². The standard InChI is InChI=1S/C12H16O2/c1-2-6-12(8-4-10-14-12)11(5-1)7-3-9-13-11/h1-2,5-6H,3-4,7-10H2/t11-,12-/m1/s1. The minimum atomic E-state index is -0.141. The Hall–Kier alpha value is -0.600. The molecule has 0 N–H and O–H groups in total. The third kappa shape index (κ3) is 0.984. The maximum absolute atomic E-state index is 5.96. The van der Waals surface area contributed by atoms with Crippen LogP contribution in [0.4, 0.5) is 0 Å². The summed E-state index contributed by atoms with van der Waals surface area (Å²) in [4.78, 5) is 0. The molecule has 0 amide bonds. The van der Waals surface area contributed by atoms with Crippen LogP contribution in [0.3, 0.4) is 0 Å². The highest BCUT2D eigenvalue weighted by Crippen LogP contribution is 2.47. The van der Waals surface area contributed by atoms with E-state index in [4.69, 9.17) is 9.47 Å². The topological polar surface area (TPSA) is 18.5 Å². The minimum absolute atomic E-state index is 0.141. The maximum atomic E-state index is 5.96. The molecule has 2 fully saturated rings. The number of rotatable bonds is 0. The van der Waals surface area contributed by atoms with E-state index >= 15 is 0 Å². The molecule has 2 heterocycles. The molecule has 0 unspecified atom stereocenters. The van der Waals surface area contributed by atoms with Crippen molar-refractivity contribution in [3.63, 3.8) is 0 Å². The largest absolute Gasteiger partial charge is 0.368 e. The van der Waals surface area contributed by atoms with Crippen LogP contribution >= 0.6 is 0 Å². The van der Waals surface area contributed by atoms with E-state index in [0.717, 1.165) is 38.9 Å². The van der Waals surface area contributed by atoms with Crippen LogP contribution in [-0.4, -0.2) is 24.4 Å². The lowest BCUT2D eigenvalue weighted by atomic mass is 9.76. The Labute approximate surface area is 84.6 Å². The number of hydrogen-bond acceptors (Lipinski definition) is 2. The molecule has 2 aliphatic heterocycles. The Bertz CT molecular complexity index is 249. The second kappa shape index (κ2) is 2.94. The molecule has 2 spiro atoms. The van der Waals surface area contributed by atoms with E-state index in [9.17, 15) is 0 Å². The molecular weight excluding hydrogens is 176 g/mol. The summed E-state index contributed by atoms with van der Waals surface area (Å²) in [6.07, 6.45) is 13.1. The normalized spacial score (nSPS) is 45.7. The number of allylic oxidation sites excluding steroid dienone is 2. The fraction of sp³-hybridized carbons (Fsp3) is 0.667. The van der Waals surface area contributed by atoms with Gasteiger partial charge >= 0.3 is 0 Å². The van der Waals surface area contributed by atoms with Crippen LogP contribution in [0.1, 0.15) is 25.7 Å². The summed E-state index contributed by atoms with van der Waals surface area (Å²) in [5.74, 6) is 0. The highest BCUT2D eigenvalue weighted by Gasteiger charge is 2.54. The molecule has 2 heteroatoms. The Balaban J connectivity index is 2.01. The molecule has 2 atom stereocenters. The molecule has 76 valence electrons. The smallest absolute Gasteiger partial charge is 0.119 e. The summed E-state index contributed by atoms with van der Waals surface area (Å²) in [5, 5.41) is 0. The van der Waals surface area contributed by atoms with E-state index in [1.165, 1.54) is 0 Å². The Morgan fingerprint density at radius 2 is 1.29 bits per heavy atom. The molecule has 0 radical (unpaired) electrons. The van der Waals surface area contributed by atoms with Crippen molar-refractivity contribution in [3.8, 4) is 0 Å². The lowest BCUT2D eigenvalue weighted by Gasteiger charge is -2.42. The van der Waals surface area contributed by atoms with Crippen LogP contribution in [0, 0.1) is 0 Å². The van der Waals surface area contributed by atoms with Gasteiger partial charge in [-0.1, -0.05) is 12.2 Å². The number of hydrogen-bond donors (Lipinski definition) is 0. The van der Waals surface area contributed by atoms with Gasteiger partial charge in [-0.15, -0.1) is 0 Å². The van der Waals surface area contributed by atoms with Crippen molar-refractivity contribution >= 4 is 0 Å². The first kappa shape index (κ1) is 8.69. The fourth-order valence-electron chi connectivity index (χ4n) is 2.96. The summed E-state index contributed by atoms with van der Waals surface area (Å²) >= 11 is 0. The molecular formula is C12H16O2. The average Bonchev–Trinajstić information content (AvgIpc) is 2.81. The highest BCUT2D eigenvalue weighted by atomic mass is 16.6. The van der Waals surface area contributed by atoms with Gasteiger partial charge in [-0.25, -0.2) is 0 Å². The van der Waals surface area contributed by atoms with Crippen LogP contribution < -0.4 is 0 Å². The van der Waals surface area contributed by atoms with E-state index in [1.54, 1.807) is 0 Å². The summed E-state index contributed by atoms with van der Waals surface area (Å²) in [7, 11) is 0. The molecule has 0 saturated carbocycles. The van der Waals surface area contributed by atoms with Gasteiger partial charge < -0.3 is 9.47 Å². The van der Waals surface area contributed by atoms with Crippen LogP contribution in [0.15, 0.2) is 24.3 Å². The maximum Gasteiger partial charge on any atom is 0.119 e. The lowest BCUT2D eigenvalue weighted by molar-refractivity contribution is -0.115. The Morgan fingerprint density at radius 3 is 1.64 bits per heavy atom. The zero-order valence-corrected chi connectivity index (χ0v) is 8.37. The van der Waals surface area contributed by atoms with Crippen molar-refractivity contribution in [1.82, 2.24) is 0 Å². The van der Waals surface area contributed by atoms with E-state index in [0.29, 0.717) is 0 Å². The van der Waals surface area contributed by atoms with E-state index in [1.807, 2.05) is 0 Å². The first-order valence-electron chi connectivity index (χ1n) is 5.52. The molecule has 3 aliphatic rings. The molecule has 1 aliphatic carbocycles. The second-order valence-corrected chi connectivity index (χ2v) is 4.40. The van der Waals surface area contributed by atoms with Crippen molar-refractivity contribution in [2.24, 2.45) is 0 Å². The van der Waals surface area contributed by atoms with E-state index in [-0.39, 0.29) is 11.2 Å². The van der Waals surface area contributed by atoms with Crippen molar-refractivity contribution in [3.05, 3.63) is 24.3 Å². The molecule has 3 rings (SSSR count). The minimum Gasteiger partial charge on any atom is -0.368 e. The summed E-state index contributed by atoms with van der Waals surface area (Å²) in [6.45, 7) is 1.76. The summed E-state index contributed by atoms with van der Waals surface area (Å²) in [5.41, 5.74) is -0.281. The third-order valence-corrected chi connectivity index (χ3v) is 3.66. The quantitative estimate of drug-likeness (QED) is 0.586. The molecule has 2 nitrogen and oxygen atoms in total. The summed E-state index contributed by atoms with van der Waals surface area (Å²) in [6, 6.07) is 0. The van der Waals surface area contributed by atoms with Gasteiger partial charge in [0.15, 0.2) is 0 Å². The SMILES string of the molecule is C1=C[C@@]2(CCCO2)[C@@]2(C=C1)CCCO2. The van der Waals surface area contributed by atoms with Crippen LogP contribution in [-0.2, 0) is 9.47 Å². The fourth-order valence-corrected chi connectivity index (χ4v) is 2.96. The highest BCUT2D eigenvalue weighted by molar-refractivity contribution is 5.32. The van der Waals surface area contributed by atoms with E-state index in [2.05, 4.69) is 24.3 Å². The van der Waals surface area contributed by atoms with Gasteiger partial charge in [0.1, 0.15) is 11.2 Å². The van der Waals surface area contributed by atoms with Crippen LogP contribution in [0.2, 0.25) is 0 Å². The molecule has 2 saturated heterocycles. The van der Waals surface area contributed by atoms with Gasteiger partial charge in [0.2, 0.25) is 0 Å². The van der Waals surface area contributed by atoms with Gasteiger partial charge in [0.05, 0.1) is 0 Å². The van der Waals surface area contributed by atoms with Crippen molar-refractivity contribution < 1.29 is 9.47 Å². The molecule has 0 aromatic carbocycles. The van der Waals surface area contributed by atoms with Crippen LogP contribution in [0.25, 0.3) is 0 Å².